The first kappa shape index (κ1) is 22.8. The van der Waals surface area contributed by atoms with Crippen molar-refractivity contribution in [3.05, 3.63) is 59.1 Å². The van der Waals surface area contributed by atoms with Crippen molar-refractivity contribution in [2.24, 2.45) is 0 Å². The minimum Gasteiger partial charge on any atom is -0.493 e. The van der Waals surface area contributed by atoms with Gasteiger partial charge >= 0.3 is 0 Å². The Hall–Kier alpha value is -3.39. The van der Waals surface area contributed by atoms with E-state index in [0.29, 0.717) is 30.2 Å². The Labute approximate surface area is 197 Å². The van der Waals surface area contributed by atoms with Gasteiger partial charge in [0.15, 0.2) is 17.1 Å². The third-order valence-corrected chi connectivity index (χ3v) is 6.44. The number of amides is 1. The van der Waals surface area contributed by atoms with Crippen molar-refractivity contribution >= 4 is 28.3 Å². The van der Waals surface area contributed by atoms with Crippen LogP contribution in [0.3, 0.4) is 0 Å². The summed E-state index contributed by atoms with van der Waals surface area (Å²) in [6.07, 6.45) is 1.75. The third-order valence-electron chi connectivity index (χ3n) is 5.55. The Bertz CT molecular complexity index is 1260. The number of nitrogens with zero attached hydrogens (tertiary/aromatic N) is 4. The van der Waals surface area contributed by atoms with Gasteiger partial charge in [0.1, 0.15) is 0 Å². The largest absolute Gasteiger partial charge is 0.493 e. The molecule has 4 aromatic rings. The number of aromatic nitrogens is 3. The molecule has 0 aliphatic rings. The molecular weight excluding hydrogens is 436 g/mol. The zero-order valence-corrected chi connectivity index (χ0v) is 20.3. The second kappa shape index (κ2) is 9.62. The number of hydrogen-bond donors (Lipinski definition) is 0. The van der Waals surface area contributed by atoms with Crippen LogP contribution in [0.25, 0.3) is 21.6 Å². The van der Waals surface area contributed by atoms with Gasteiger partial charge in [0.25, 0.3) is 5.91 Å². The van der Waals surface area contributed by atoms with Gasteiger partial charge in [0.05, 0.1) is 41.9 Å². The number of rotatable bonds is 8. The van der Waals surface area contributed by atoms with Crippen molar-refractivity contribution in [2.75, 3.05) is 20.8 Å². The van der Waals surface area contributed by atoms with Crippen LogP contribution in [0.4, 0.5) is 0 Å². The second-order valence-corrected chi connectivity index (χ2v) is 8.91. The standard InChI is InChI=1S/C25H28N4O3S/c1-6-28(15-17-9-10-21(31-4)22(12-17)32-5)25(30)18-13-20(23-8-7-11-33-23)27-24-19(18)14-26-29(24)16(2)3/h7-14,16H,6,15H2,1-5H3. The van der Waals surface area contributed by atoms with Crippen LogP contribution in [0.2, 0.25) is 0 Å². The van der Waals surface area contributed by atoms with Gasteiger partial charge in [-0.1, -0.05) is 12.1 Å². The van der Waals surface area contributed by atoms with Crippen LogP contribution < -0.4 is 9.47 Å². The molecule has 8 heteroatoms. The van der Waals surface area contributed by atoms with Crippen LogP contribution in [0.5, 0.6) is 11.5 Å². The number of methoxy groups -OCH3 is 2. The predicted molar refractivity (Wildman–Crippen MR) is 131 cm³/mol. The number of fused-ring (bicyclic) bond motifs is 1. The quantitative estimate of drug-likeness (QED) is 0.348. The van der Waals surface area contributed by atoms with Gasteiger partial charge < -0.3 is 14.4 Å². The summed E-state index contributed by atoms with van der Waals surface area (Å²) in [7, 11) is 3.22. The van der Waals surface area contributed by atoms with E-state index in [2.05, 4.69) is 18.9 Å². The van der Waals surface area contributed by atoms with Crippen molar-refractivity contribution in [3.63, 3.8) is 0 Å². The number of carbonyl (C=O) groups is 1. The van der Waals surface area contributed by atoms with E-state index in [1.807, 2.05) is 58.3 Å². The average molecular weight is 465 g/mol. The van der Waals surface area contributed by atoms with Gasteiger partial charge in [0, 0.05) is 19.1 Å². The summed E-state index contributed by atoms with van der Waals surface area (Å²) in [6.45, 7) is 7.11. The fraction of sp³-hybridized carbons (Fsp3) is 0.320. The lowest BCUT2D eigenvalue weighted by atomic mass is 10.1. The lowest BCUT2D eigenvalue weighted by molar-refractivity contribution is 0.0754. The SMILES string of the molecule is CCN(Cc1ccc(OC)c(OC)c1)C(=O)c1cc(-c2cccs2)nc2c1cnn2C(C)C. The van der Waals surface area contributed by atoms with E-state index < -0.39 is 0 Å². The molecule has 0 aliphatic carbocycles. The molecule has 3 aromatic heterocycles. The Morgan fingerprint density at radius 3 is 2.58 bits per heavy atom. The van der Waals surface area contributed by atoms with Gasteiger partial charge in [-0.2, -0.15) is 5.10 Å². The van der Waals surface area contributed by atoms with Crippen LogP contribution in [0.15, 0.2) is 48.0 Å². The summed E-state index contributed by atoms with van der Waals surface area (Å²) in [4.78, 5) is 21.5. The molecule has 7 nitrogen and oxygen atoms in total. The maximum atomic E-state index is 13.8. The highest BCUT2D eigenvalue weighted by atomic mass is 32.1. The summed E-state index contributed by atoms with van der Waals surface area (Å²) >= 11 is 1.60. The topological polar surface area (TPSA) is 69.5 Å². The van der Waals surface area contributed by atoms with Crippen molar-refractivity contribution in [1.29, 1.82) is 0 Å². The molecular formula is C25H28N4O3S. The molecule has 4 rings (SSSR count). The highest BCUT2D eigenvalue weighted by molar-refractivity contribution is 7.13. The van der Waals surface area contributed by atoms with Gasteiger partial charge in [0.2, 0.25) is 0 Å². The van der Waals surface area contributed by atoms with E-state index in [-0.39, 0.29) is 11.9 Å². The summed E-state index contributed by atoms with van der Waals surface area (Å²) in [5.41, 5.74) is 3.08. The molecule has 0 aliphatic heterocycles. The maximum Gasteiger partial charge on any atom is 0.255 e. The second-order valence-electron chi connectivity index (χ2n) is 7.96. The highest BCUT2D eigenvalue weighted by Crippen LogP contribution is 2.31. The molecule has 0 radical (unpaired) electrons. The molecule has 0 saturated carbocycles. The van der Waals surface area contributed by atoms with Gasteiger partial charge in [-0.05, 0) is 56.0 Å². The molecule has 1 amide bonds. The molecule has 0 N–H and O–H groups in total. The fourth-order valence-corrected chi connectivity index (χ4v) is 4.51. The monoisotopic (exact) mass is 464 g/mol. The molecule has 0 bridgehead atoms. The van der Waals surface area contributed by atoms with Crippen molar-refractivity contribution in [2.45, 2.75) is 33.4 Å². The molecule has 33 heavy (non-hydrogen) atoms. The molecule has 1 aromatic carbocycles. The van der Waals surface area contributed by atoms with Gasteiger partial charge in [-0.25, -0.2) is 9.67 Å². The number of hydrogen-bond acceptors (Lipinski definition) is 6. The van der Waals surface area contributed by atoms with Crippen molar-refractivity contribution < 1.29 is 14.3 Å². The molecule has 0 unspecified atom stereocenters. The Balaban J connectivity index is 1.76. The molecule has 3 heterocycles. The first-order valence-corrected chi connectivity index (χ1v) is 11.8. The highest BCUT2D eigenvalue weighted by Gasteiger charge is 2.23. The van der Waals surface area contributed by atoms with Crippen molar-refractivity contribution in [1.82, 2.24) is 19.7 Å². The zero-order valence-electron chi connectivity index (χ0n) is 19.5. The number of ether oxygens (including phenoxy) is 2. The minimum atomic E-state index is -0.0548. The molecule has 0 fully saturated rings. The van der Waals surface area contributed by atoms with Crippen LogP contribution >= 0.6 is 11.3 Å². The first-order chi connectivity index (χ1) is 16.0. The van der Waals surface area contributed by atoms with E-state index in [1.165, 1.54) is 0 Å². The minimum absolute atomic E-state index is 0.0548. The number of thiophene rings is 1. The average Bonchev–Trinajstić information content (AvgIpc) is 3.51. The van der Waals surface area contributed by atoms with Crippen LogP contribution in [0.1, 0.15) is 42.7 Å². The number of benzene rings is 1. The predicted octanol–water partition coefficient (Wildman–Crippen LogP) is 5.42. The number of pyridine rings is 1. The summed E-state index contributed by atoms with van der Waals surface area (Å²) in [6, 6.07) is 11.7. The van der Waals surface area contributed by atoms with Crippen LogP contribution in [-0.2, 0) is 6.54 Å². The van der Waals surface area contributed by atoms with Crippen LogP contribution in [-0.4, -0.2) is 46.3 Å². The molecule has 0 saturated heterocycles. The van der Waals surface area contributed by atoms with E-state index in [9.17, 15) is 4.79 Å². The zero-order chi connectivity index (χ0) is 23.5. The lowest BCUT2D eigenvalue weighted by Gasteiger charge is -2.22. The van der Waals surface area contributed by atoms with E-state index in [0.717, 1.165) is 27.2 Å². The summed E-state index contributed by atoms with van der Waals surface area (Å²) < 4.78 is 12.6. The normalized spacial score (nSPS) is 11.2. The Morgan fingerprint density at radius 2 is 1.94 bits per heavy atom. The van der Waals surface area contributed by atoms with E-state index in [1.54, 1.807) is 31.8 Å². The van der Waals surface area contributed by atoms with E-state index >= 15 is 0 Å². The molecule has 0 spiro atoms. The van der Waals surface area contributed by atoms with Gasteiger partial charge in [-0.3, -0.25) is 4.79 Å². The smallest absolute Gasteiger partial charge is 0.255 e. The third kappa shape index (κ3) is 4.43. The molecule has 0 atom stereocenters. The molecule has 172 valence electrons. The summed E-state index contributed by atoms with van der Waals surface area (Å²) in [5, 5.41) is 7.30. The first-order valence-electron chi connectivity index (χ1n) is 10.9. The van der Waals surface area contributed by atoms with Crippen molar-refractivity contribution in [3.8, 4) is 22.1 Å². The fourth-order valence-electron chi connectivity index (χ4n) is 3.82. The lowest BCUT2D eigenvalue weighted by Crippen LogP contribution is -2.30. The Morgan fingerprint density at radius 1 is 1.15 bits per heavy atom. The summed E-state index contributed by atoms with van der Waals surface area (Å²) in [5.74, 6) is 1.25. The van der Waals surface area contributed by atoms with Crippen LogP contribution in [0, 0.1) is 0 Å². The maximum absolute atomic E-state index is 13.8. The van der Waals surface area contributed by atoms with E-state index in [4.69, 9.17) is 14.5 Å². The Kier molecular flexibility index (Phi) is 6.65. The number of carbonyl (C=O) groups excluding carboxylic acids is 1. The van der Waals surface area contributed by atoms with Gasteiger partial charge in [-0.15, -0.1) is 11.3 Å².